The van der Waals surface area contributed by atoms with Gasteiger partial charge < -0.3 is 10.1 Å². The number of hydrogen-bond acceptors (Lipinski definition) is 4. The summed E-state index contributed by atoms with van der Waals surface area (Å²) in [6.45, 7) is 3.31. The van der Waals surface area contributed by atoms with Gasteiger partial charge in [-0.25, -0.2) is 4.79 Å². The van der Waals surface area contributed by atoms with Crippen molar-refractivity contribution >= 4 is 27.8 Å². The summed E-state index contributed by atoms with van der Waals surface area (Å²) in [6, 6.07) is 23.4. The molecule has 39 heavy (non-hydrogen) atoms. The molecule has 3 aromatic carbocycles. The van der Waals surface area contributed by atoms with Crippen molar-refractivity contribution in [3.05, 3.63) is 89.0 Å². The Balaban J connectivity index is 1.17. The van der Waals surface area contributed by atoms with Crippen LogP contribution in [0.4, 0.5) is 0 Å². The summed E-state index contributed by atoms with van der Waals surface area (Å²) in [5.41, 5.74) is 4.10. The second kappa shape index (κ2) is 10.4. The molecule has 5 aromatic rings. The number of para-hydroxylation sites is 2. The van der Waals surface area contributed by atoms with E-state index in [2.05, 4.69) is 10.4 Å². The molecule has 1 saturated carbocycles. The standard InChI is InChI=1S/C31H33N5O3/c1-3-35-29(25-8-4-5-9-26(25)33-35)30(37)32-22-14-12-21(13-15-22)20-34-27-10-6-7-11-28(27)36(31(34)38)23-16-18-24(39-2)19-17-23/h4-11,16-19,21-22H,3,12-15,20H2,1-2H3,(H,32,37)/t21-,22-. The largest absolute Gasteiger partial charge is 0.497 e. The second-order valence-electron chi connectivity index (χ2n) is 10.3. The molecule has 1 amide bonds. The molecule has 8 heteroatoms. The third kappa shape index (κ3) is 4.60. The number of nitrogens with zero attached hydrogens (tertiary/aromatic N) is 4. The zero-order valence-electron chi connectivity index (χ0n) is 22.3. The Hall–Kier alpha value is -4.33. The number of fused-ring (bicyclic) bond motifs is 2. The topological polar surface area (TPSA) is 83.1 Å². The minimum Gasteiger partial charge on any atom is -0.497 e. The molecular weight excluding hydrogens is 490 g/mol. The summed E-state index contributed by atoms with van der Waals surface area (Å²) in [4.78, 5) is 26.9. The number of aromatic nitrogens is 4. The van der Waals surface area contributed by atoms with Crippen molar-refractivity contribution in [3.63, 3.8) is 0 Å². The number of ether oxygens (including phenoxy) is 1. The van der Waals surface area contributed by atoms with Crippen LogP contribution in [0.5, 0.6) is 5.75 Å². The lowest BCUT2D eigenvalue weighted by molar-refractivity contribution is 0.0911. The molecule has 0 atom stereocenters. The van der Waals surface area contributed by atoms with E-state index in [1.54, 1.807) is 16.4 Å². The van der Waals surface area contributed by atoms with Crippen LogP contribution in [0.2, 0.25) is 0 Å². The van der Waals surface area contributed by atoms with Gasteiger partial charge in [0.05, 0.1) is 29.3 Å². The van der Waals surface area contributed by atoms with Gasteiger partial charge in [0, 0.05) is 24.5 Å². The molecule has 8 nitrogen and oxygen atoms in total. The van der Waals surface area contributed by atoms with E-state index in [-0.39, 0.29) is 17.6 Å². The number of aryl methyl sites for hydroxylation is 1. The Labute approximate surface area is 226 Å². The number of methoxy groups -OCH3 is 1. The fourth-order valence-electron chi connectivity index (χ4n) is 5.92. The highest BCUT2D eigenvalue weighted by molar-refractivity contribution is 6.05. The van der Waals surface area contributed by atoms with E-state index >= 15 is 0 Å². The molecule has 2 aromatic heterocycles. The monoisotopic (exact) mass is 523 g/mol. The number of nitrogens with one attached hydrogen (secondary N) is 1. The summed E-state index contributed by atoms with van der Waals surface area (Å²) in [7, 11) is 1.63. The quantitative estimate of drug-likeness (QED) is 0.320. The molecule has 0 aliphatic heterocycles. The van der Waals surface area contributed by atoms with E-state index in [1.165, 1.54) is 0 Å². The highest BCUT2D eigenvalue weighted by Gasteiger charge is 2.27. The van der Waals surface area contributed by atoms with Crippen molar-refractivity contribution < 1.29 is 9.53 Å². The lowest BCUT2D eigenvalue weighted by Crippen LogP contribution is -2.39. The molecule has 0 radical (unpaired) electrons. The molecule has 1 fully saturated rings. The van der Waals surface area contributed by atoms with Crippen molar-refractivity contribution in [2.24, 2.45) is 5.92 Å². The Bertz CT molecular complexity index is 1690. The minimum atomic E-state index is -0.0622. The van der Waals surface area contributed by atoms with Gasteiger partial charge in [-0.05, 0) is 81.0 Å². The van der Waals surface area contributed by atoms with E-state index in [9.17, 15) is 9.59 Å². The number of amides is 1. The summed E-state index contributed by atoms with van der Waals surface area (Å²) in [5.74, 6) is 1.06. The molecule has 0 saturated heterocycles. The Kier molecular flexibility index (Phi) is 6.69. The first-order valence-electron chi connectivity index (χ1n) is 13.7. The van der Waals surface area contributed by atoms with E-state index in [0.29, 0.717) is 24.7 Å². The number of hydrogen-bond donors (Lipinski definition) is 1. The Morgan fingerprint density at radius 1 is 0.949 bits per heavy atom. The van der Waals surface area contributed by atoms with Gasteiger partial charge in [-0.2, -0.15) is 5.10 Å². The van der Waals surface area contributed by atoms with Crippen molar-refractivity contribution in [2.75, 3.05) is 7.11 Å². The molecule has 0 bridgehead atoms. The van der Waals surface area contributed by atoms with Crippen LogP contribution < -0.4 is 15.7 Å². The first-order chi connectivity index (χ1) is 19.1. The van der Waals surface area contributed by atoms with E-state index in [4.69, 9.17) is 4.74 Å². The molecule has 6 rings (SSSR count). The molecule has 1 aliphatic carbocycles. The smallest absolute Gasteiger partial charge is 0.333 e. The molecule has 2 heterocycles. The third-order valence-electron chi connectivity index (χ3n) is 7.95. The highest BCUT2D eigenvalue weighted by Crippen LogP contribution is 2.28. The first-order valence-corrected chi connectivity index (χ1v) is 13.7. The maximum absolute atomic E-state index is 13.7. The van der Waals surface area contributed by atoms with Crippen LogP contribution in [0.1, 0.15) is 43.1 Å². The number of carbonyl (C=O) groups is 1. The third-order valence-corrected chi connectivity index (χ3v) is 7.95. The second-order valence-corrected chi connectivity index (χ2v) is 10.3. The minimum absolute atomic E-state index is 0.0310. The molecule has 0 unspecified atom stereocenters. The van der Waals surface area contributed by atoms with Crippen molar-refractivity contribution in [1.82, 2.24) is 24.2 Å². The zero-order valence-corrected chi connectivity index (χ0v) is 22.3. The van der Waals surface area contributed by atoms with Crippen molar-refractivity contribution in [3.8, 4) is 11.4 Å². The molecule has 200 valence electrons. The van der Waals surface area contributed by atoms with Gasteiger partial charge in [-0.15, -0.1) is 0 Å². The van der Waals surface area contributed by atoms with Gasteiger partial charge in [-0.1, -0.05) is 30.3 Å². The zero-order chi connectivity index (χ0) is 26.9. The molecule has 1 N–H and O–H groups in total. The number of benzene rings is 3. The Morgan fingerprint density at radius 2 is 1.64 bits per heavy atom. The van der Waals surface area contributed by atoms with E-state index in [0.717, 1.165) is 59.1 Å². The fourth-order valence-corrected chi connectivity index (χ4v) is 5.92. The predicted molar refractivity (Wildman–Crippen MR) is 153 cm³/mol. The first kappa shape index (κ1) is 25.0. The van der Waals surface area contributed by atoms with Crippen LogP contribution in [0.15, 0.2) is 77.6 Å². The average Bonchev–Trinajstić information content (AvgIpc) is 3.49. The SMILES string of the molecule is CCn1nc2ccccc2c1C(=O)N[C@H]1CC[C@H](Cn2c(=O)n(-c3ccc(OC)cc3)c3ccccc32)CC1. The number of rotatable bonds is 7. The highest BCUT2D eigenvalue weighted by atomic mass is 16.5. The molecule has 0 spiro atoms. The van der Waals surface area contributed by atoms with Crippen LogP contribution in [-0.2, 0) is 13.1 Å². The van der Waals surface area contributed by atoms with Gasteiger partial charge in [0.15, 0.2) is 0 Å². The summed E-state index contributed by atoms with van der Waals surface area (Å²) < 4.78 is 10.8. The van der Waals surface area contributed by atoms with Crippen molar-refractivity contribution in [2.45, 2.75) is 51.7 Å². The van der Waals surface area contributed by atoms with Gasteiger partial charge in [0.25, 0.3) is 5.91 Å². The summed E-state index contributed by atoms with van der Waals surface area (Å²) in [5, 5.41) is 8.74. The summed E-state index contributed by atoms with van der Waals surface area (Å²) in [6.07, 6.45) is 3.68. The maximum atomic E-state index is 13.7. The summed E-state index contributed by atoms with van der Waals surface area (Å²) >= 11 is 0. The van der Waals surface area contributed by atoms with E-state index in [1.807, 2.05) is 84.3 Å². The Morgan fingerprint density at radius 3 is 2.36 bits per heavy atom. The normalized spacial score (nSPS) is 17.5. The van der Waals surface area contributed by atoms with Gasteiger partial charge in [-0.3, -0.25) is 18.6 Å². The predicted octanol–water partition coefficient (Wildman–Crippen LogP) is 5.16. The van der Waals surface area contributed by atoms with Gasteiger partial charge in [0.1, 0.15) is 11.4 Å². The fraction of sp³-hybridized carbons (Fsp3) is 0.323. The number of imidazole rings is 1. The average molecular weight is 524 g/mol. The van der Waals surface area contributed by atoms with Gasteiger partial charge in [0.2, 0.25) is 0 Å². The van der Waals surface area contributed by atoms with Crippen LogP contribution >= 0.6 is 0 Å². The van der Waals surface area contributed by atoms with Gasteiger partial charge >= 0.3 is 5.69 Å². The van der Waals surface area contributed by atoms with E-state index < -0.39 is 0 Å². The van der Waals surface area contributed by atoms with Crippen molar-refractivity contribution in [1.29, 1.82) is 0 Å². The van der Waals surface area contributed by atoms with Crippen LogP contribution in [-0.4, -0.2) is 38.0 Å². The lowest BCUT2D eigenvalue weighted by Gasteiger charge is -2.29. The molecule has 1 aliphatic rings. The van der Waals surface area contributed by atoms with Crippen LogP contribution in [0, 0.1) is 5.92 Å². The number of carbonyl (C=O) groups excluding carboxylic acids is 1. The maximum Gasteiger partial charge on any atom is 0.333 e. The van der Waals surface area contributed by atoms with Crippen LogP contribution in [0.25, 0.3) is 27.6 Å². The lowest BCUT2D eigenvalue weighted by atomic mass is 9.86. The van der Waals surface area contributed by atoms with Crippen LogP contribution in [0.3, 0.4) is 0 Å². The molecular formula is C31H33N5O3.